The minimum absolute atomic E-state index is 0.240. The van der Waals surface area contributed by atoms with Crippen LogP contribution in [0.25, 0.3) is 10.9 Å². The largest absolute Gasteiger partial charge is 0.478 e. The van der Waals surface area contributed by atoms with Crippen LogP contribution in [0.1, 0.15) is 36.7 Å². The number of hydrogen-bond donors (Lipinski definition) is 3. The van der Waals surface area contributed by atoms with E-state index in [0.29, 0.717) is 18.5 Å². The van der Waals surface area contributed by atoms with Crippen molar-refractivity contribution in [2.24, 2.45) is 0 Å². The zero-order valence-corrected chi connectivity index (χ0v) is 12.9. The first kappa shape index (κ1) is 15.9. The molecule has 22 heavy (non-hydrogen) atoms. The molecule has 0 radical (unpaired) electrons. The maximum absolute atomic E-state index is 11.6. The van der Waals surface area contributed by atoms with Crippen LogP contribution < -0.4 is 5.32 Å². The summed E-state index contributed by atoms with van der Waals surface area (Å²) in [6.07, 6.45) is 1.90. The quantitative estimate of drug-likeness (QED) is 0.810. The maximum atomic E-state index is 11.6. The van der Waals surface area contributed by atoms with Crippen LogP contribution in [0, 0.1) is 0 Å². The van der Waals surface area contributed by atoms with Crippen molar-refractivity contribution in [1.29, 1.82) is 0 Å². The molecule has 0 bridgehead atoms. The Hall–Kier alpha value is -2.50. The number of carbonyl (C=O) groups excluding carboxylic acids is 1. The molecule has 118 valence electrons. The van der Waals surface area contributed by atoms with E-state index in [4.69, 9.17) is 9.84 Å². The number of hydrogen-bond acceptors (Lipinski definition) is 3. The summed E-state index contributed by atoms with van der Waals surface area (Å²) in [6, 6.07) is 5.13. The van der Waals surface area contributed by atoms with E-state index in [-0.39, 0.29) is 5.56 Å². The zero-order chi connectivity index (χ0) is 16.3. The molecule has 0 atom stereocenters. The normalized spacial score (nSPS) is 11.4. The average Bonchev–Trinajstić information content (AvgIpc) is 2.79. The number of fused-ring (bicyclic) bond motifs is 1. The van der Waals surface area contributed by atoms with Gasteiger partial charge in [0, 0.05) is 18.1 Å². The number of ether oxygens (including phenoxy) is 1. The molecule has 0 aliphatic heterocycles. The van der Waals surface area contributed by atoms with Crippen LogP contribution in [0.15, 0.2) is 24.4 Å². The summed E-state index contributed by atoms with van der Waals surface area (Å²) in [5, 5.41) is 12.7. The number of benzene rings is 1. The number of alkyl carbamates (subject to hydrolysis) is 1. The molecule has 1 aromatic heterocycles. The Kier molecular flexibility index (Phi) is 4.40. The van der Waals surface area contributed by atoms with Crippen LogP contribution in [0.5, 0.6) is 0 Å². The molecule has 0 aliphatic rings. The molecular formula is C16H20N2O4. The molecule has 0 unspecified atom stereocenters. The molecule has 1 heterocycles. The average molecular weight is 304 g/mol. The van der Waals surface area contributed by atoms with Gasteiger partial charge in [0.25, 0.3) is 0 Å². The molecule has 3 N–H and O–H groups in total. The number of aromatic amines is 1. The zero-order valence-electron chi connectivity index (χ0n) is 12.9. The Morgan fingerprint density at radius 1 is 1.32 bits per heavy atom. The third kappa shape index (κ3) is 3.78. The molecule has 2 aromatic rings. The van der Waals surface area contributed by atoms with Crippen molar-refractivity contribution in [1.82, 2.24) is 10.3 Å². The fourth-order valence-corrected chi connectivity index (χ4v) is 2.21. The minimum atomic E-state index is -0.967. The van der Waals surface area contributed by atoms with Crippen LogP contribution in [0.4, 0.5) is 4.79 Å². The predicted molar refractivity (Wildman–Crippen MR) is 83.2 cm³/mol. The van der Waals surface area contributed by atoms with E-state index in [9.17, 15) is 9.59 Å². The van der Waals surface area contributed by atoms with E-state index in [0.717, 1.165) is 10.9 Å². The minimum Gasteiger partial charge on any atom is -0.478 e. The molecule has 6 nitrogen and oxygen atoms in total. The van der Waals surface area contributed by atoms with Gasteiger partial charge in [0.2, 0.25) is 0 Å². The lowest BCUT2D eigenvalue weighted by molar-refractivity contribution is 0.0528. The van der Waals surface area contributed by atoms with Gasteiger partial charge < -0.3 is 20.1 Å². The predicted octanol–water partition coefficient (Wildman–Crippen LogP) is 2.93. The lowest BCUT2D eigenvalue weighted by Gasteiger charge is -2.19. The number of rotatable bonds is 4. The van der Waals surface area contributed by atoms with Gasteiger partial charge in [0.05, 0.1) is 11.1 Å². The van der Waals surface area contributed by atoms with Crippen LogP contribution in [-0.4, -0.2) is 34.3 Å². The van der Waals surface area contributed by atoms with Crippen molar-refractivity contribution in [3.05, 3.63) is 35.5 Å². The van der Waals surface area contributed by atoms with E-state index in [2.05, 4.69) is 10.3 Å². The third-order valence-electron chi connectivity index (χ3n) is 3.09. The number of nitrogens with one attached hydrogen (secondary N) is 2. The first-order valence-electron chi connectivity index (χ1n) is 7.07. The Morgan fingerprint density at radius 3 is 2.68 bits per heavy atom. The van der Waals surface area contributed by atoms with Gasteiger partial charge in [-0.15, -0.1) is 0 Å². The van der Waals surface area contributed by atoms with E-state index in [1.807, 2.05) is 6.07 Å². The SMILES string of the molecule is CC(C)(C)OC(=O)NCCc1c[nH]c2c(C(=O)O)cccc12. The van der Waals surface area contributed by atoms with E-state index in [1.54, 1.807) is 39.1 Å². The Morgan fingerprint density at radius 2 is 2.05 bits per heavy atom. The fraction of sp³-hybridized carbons (Fsp3) is 0.375. The summed E-state index contributed by atoms with van der Waals surface area (Å²) < 4.78 is 5.16. The second-order valence-corrected chi connectivity index (χ2v) is 6.03. The lowest BCUT2D eigenvalue weighted by Crippen LogP contribution is -2.33. The van der Waals surface area contributed by atoms with Gasteiger partial charge in [0.1, 0.15) is 5.60 Å². The number of aromatic carboxylic acids is 1. The molecule has 0 spiro atoms. The second-order valence-electron chi connectivity index (χ2n) is 6.03. The molecular weight excluding hydrogens is 284 g/mol. The van der Waals surface area contributed by atoms with Crippen molar-refractivity contribution in [3.8, 4) is 0 Å². The maximum Gasteiger partial charge on any atom is 0.407 e. The number of H-pyrrole nitrogens is 1. The molecule has 6 heteroatoms. The number of carboxylic acids is 1. The highest BCUT2D eigenvalue weighted by atomic mass is 16.6. The van der Waals surface area contributed by atoms with E-state index < -0.39 is 17.7 Å². The van der Waals surface area contributed by atoms with Crippen molar-refractivity contribution < 1.29 is 19.4 Å². The molecule has 0 aliphatic carbocycles. The van der Waals surface area contributed by atoms with Crippen LogP contribution in [-0.2, 0) is 11.2 Å². The van der Waals surface area contributed by atoms with E-state index in [1.165, 1.54) is 0 Å². The molecule has 1 amide bonds. The van der Waals surface area contributed by atoms with Gasteiger partial charge in [-0.1, -0.05) is 12.1 Å². The highest BCUT2D eigenvalue weighted by molar-refractivity contribution is 6.02. The van der Waals surface area contributed by atoms with Gasteiger partial charge in [-0.3, -0.25) is 0 Å². The molecule has 0 fully saturated rings. The van der Waals surface area contributed by atoms with Crippen molar-refractivity contribution in [3.63, 3.8) is 0 Å². The van der Waals surface area contributed by atoms with Crippen LogP contribution in [0.2, 0.25) is 0 Å². The lowest BCUT2D eigenvalue weighted by atomic mass is 10.1. The first-order chi connectivity index (χ1) is 10.3. The highest BCUT2D eigenvalue weighted by Gasteiger charge is 2.16. The summed E-state index contributed by atoms with van der Waals surface area (Å²) in [7, 11) is 0. The summed E-state index contributed by atoms with van der Waals surface area (Å²) in [5.41, 5.74) is 1.27. The second kappa shape index (κ2) is 6.09. The molecule has 0 saturated heterocycles. The summed E-state index contributed by atoms with van der Waals surface area (Å²) in [6.45, 7) is 5.83. The topological polar surface area (TPSA) is 91.4 Å². The Balaban J connectivity index is 2.03. The first-order valence-corrected chi connectivity index (χ1v) is 7.07. The van der Waals surface area contributed by atoms with Gasteiger partial charge >= 0.3 is 12.1 Å². The van der Waals surface area contributed by atoms with Gasteiger partial charge in [0.15, 0.2) is 0 Å². The van der Waals surface area contributed by atoms with Crippen LogP contribution >= 0.6 is 0 Å². The molecule has 1 aromatic carbocycles. The standard InChI is InChI=1S/C16H20N2O4/c1-16(2,3)22-15(21)17-8-7-10-9-18-13-11(10)5-4-6-12(13)14(19)20/h4-6,9,18H,7-8H2,1-3H3,(H,17,21)(H,19,20). The number of carboxylic acid groups (broad SMARTS) is 1. The third-order valence-corrected chi connectivity index (χ3v) is 3.09. The molecule has 0 saturated carbocycles. The number of aromatic nitrogens is 1. The smallest absolute Gasteiger partial charge is 0.407 e. The summed E-state index contributed by atoms with van der Waals surface area (Å²) >= 11 is 0. The van der Waals surface area contributed by atoms with Crippen molar-refractivity contribution >= 4 is 23.0 Å². The number of para-hydroxylation sites is 1. The highest BCUT2D eigenvalue weighted by Crippen LogP contribution is 2.22. The van der Waals surface area contributed by atoms with Gasteiger partial charge in [-0.25, -0.2) is 9.59 Å². The number of carbonyl (C=O) groups is 2. The Labute approximate surface area is 128 Å². The number of amides is 1. The summed E-state index contributed by atoms with van der Waals surface area (Å²) in [5.74, 6) is -0.967. The molecule has 2 rings (SSSR count). The Bertz CT molecular complexity index is 698. The van der Waals surface area contributed by atoms with E-state index >= 15 is 0 Å². The van der Waals surface area contributed by atoms with Crippen molar-refractivity contribution in [2.45, 2.75) is 32.8 Å². The fourth-order valence-electron chi connectivity index (χ4n) is 2.21. The van der Waals surface area contributed by atoms with Crippen molar-refractivity contribution in [2.75, 3.05) is 6.54 Å². The van der Waals surface area contributed by atoms with Crippen LogP contribution in [0.3, 0.4) is 0 Å². The van der Waals surface area contributed by atoms with Gasteiger partial charge in [-0.2, -0.15) is 0 Å². The van der Waals surface area contributed by atoms with Gasteiger partial charge in [-0.05, 0) is 38.8 Å². The summed E-state index contributed by atoms with van der Waals surface area (Å²) in [4.78, 5) is 25.7. The monoisotopic (exact) mass is 304 g/mol.